The number of carboxylic acids is 1. The third-order valence-electron chi connectivity index (χ3n) is 3.05. The normalized spacial score (nSPS) is 20.2. The van der Waals surface area contributed by atoms with Gasteiger partial charge < -0.3 is 19.9 Å². The Kier molecular flexibility index (Phi) is 2.70. The maximum absolute atomic E-state index is 12.1. The standard InChI is InChI=1S/C12H10N2O6/c15-9(16)4-14-11(17)10(13-12(14)18)6-1-2-7-8(3-6)20-5-19-7/h1-3,10H,4-5H2,(H,13,18)(H,15,16). The van der Waals surface area contributed by atoms with E-state index in [9.17, 15) is 14.4 Å². The highest BCUT2D eigenvalue weighted by atomic mass is 16.7. The number of imide groups is 1. The molecule has 1 atom stereocenters. The quantitative estimate of drug-likeness (QED) is 0.759. The minimum Gasteiger partial charge on any atom is -0.480 e. The van der Waals surface area contributed by atoms with E-state index in [1.165, 1.54) is 0 Å². The summed E-state index contributed by atoms with van der Waals surface area (Å²) >= 11 is 0. The minimum atomic E-state index is -1.25. The zero-order valence-electron chi connectivity index (χ0n) is 10.2. The van der Waals surface area contributed by atoms with Crippen molar-refractivity contribution in [3.8, 4) is 11.5 Å². The van der Waals surface area contributed by atoms with Crippen molar-refractivity contribution in [3.05, 3.63) is 23.8 Å². The number of hydrogen-bond acceptors (Lipinski definition) is 5. The van der Waals surface area contributed by atoms with Gasteiger partial charge in [0.2, 0.25) is 6.79 Å². The van der Waals surface area contributed by atoms with Crippen LogP contribution in [0.2, 0.25) is 0 Å². The van der Waals surface area contributed by atoms with Crippen molar-refractivity contribution in [2.75, 3.05) is 13.3 Å². The van der Waals surface area contributed by atoms with Crippen LogP contribution in [0.15, 0.2) is 18.2 Å². The summed E-state index contributed by atoms with van der Waals surface area (Å²) in [7, 11) is 0. The van der Waals surface area contributed by atoms with Crippen LogP contribution in [0.3, 0.4) is 0 Å². The maximum atomic E-state index is 12.1. The first kappa shape index (κ1) is 12.3. The summed E-state index contributed by atoms with van der Waals surface area (Å²) in [5.74, 6) is -0.801. The van der Waals surface area contributed by atoms with Gasteiger partial charge in [0.25, 0.3) is 5.91 Å². The second kappa shape index (κ2) is 4.41. The Balaban J connectivity index is 1.86. The molecule has 2 aliphatic heterocycles. The molecule has 1 unspecified atom stereocenters. The lowest BCUT2D eigenvalue weighted by atomic mass is 10.1. The molecule has 1 fully saturated rings. The van der Waals surface area contributed by atoms with E-state index in [1.54, 1.807) is 18.2 Å². The monoisotopic (exact) mass is 278 g/mol. The van der Waals surface area contributed by atoms with E-state index in [0.29, 0.717) is 22.0 Å². The molecule has 0 aromatic heterocycles. The molecule has 3 rings (SSSR count). The molecular weight excluding hydrogens is 268 g/mol. The van der Waals surface area contributed by atoms with E-state index in [-0.39, 0.29) is 6.79 Å². The van der Waals surface area contributed by atoms with Crippen LogP contribution in [0.25, 0.3) is 0 Å². The van der Waals surface area contributed by atoms with Crippen LogP contribution < -0.4 is 14.8 Å². The molecule has 1 saturated heterocycles. The third kappa shape index (κ3) is 1.91. The van der Waals surface area contributed by atoms with Gasteiger partial charge in [0.05, 0.1) is 0 Å². The summed E-state index contributed by atoms with van der Waals surface area (Å²) < 4.78 is 10.4. The van der Waals surface area contributed by atoms with E-state index in [4.69, 9.17) is 14.6 Å². The molecule has 20 heavy (non-hydrogen) atoms. The van der Waals surface area contributed by atoms with Crippen molar-refractivity contribution in [1.82, 2.24) is 10.2 Å². The fourth-order valence-corrected chi connectivity index (χ4v) is 2.12. The number of ether oxygens (including phenoxy) is 2. The van der Waals surface area contributed by atoms with Gasteiger partial charge in [-0.1, -0.05) is 6.07 Å². The van der Waals surface area contributed by atoms with E-state index in [2.05, 4.69) is 5.32 Å². The molecule has 1 aromatic rings. The number of aliphatic carboxylic acids is 1. The van der Waals surface area contributed by atoms with Crippen molar-refractivity contribution in [2.24, 2.45) is 0 Å². The average molecular weight is 278 g/mol. The van der Waals surface area contributed by atoms with Crippen LogP contribution in [0.1, 0.15) is 11.6 Å². The number of carboxylic acid groups (broad SMARTS) is 1. The summed E-state index contributed by atoms with van der Waals surface area (Å²) in [6, 6.07) is 3.23. The number of carbonyl (C=O) groups excluding carboxylic acids is 2. The first-order valence-corrected chi connectivity index (χ1v) is 5.79. The molecule has 0 bridgehead atoms. The van der Waals surface area contributed by atoms with Crippen molar-refractivity contribution in [2.45, 2.75) is 6.04 Å². The predicted molar refractivity (Wildman–Crippen MR) is 63.2 cm³/mol. The van der Waals surface area contributed by atoms with Gasteiger partial charge in [-0.2, -0.15) is 0 Å². The number of rotatable bonds is 3. The number of carbonyl (C=O) groups is 3. The van der Waals surface area contributed by atoms with E-state index in [1.807, 2.05) is 0 Å². The van der Waals surface area contributed by atoms with Gasteiger partial charge in [-0.05, 0) is 17.7 Å². The number of nitrogens with one attached hydrogen (secondary N) is 1. The van der Waals surface area contributed by atoms with Gasteiger partial charge in [0, 0.05) is 0 Å². The van der Waals surface area contributed by atoms with Crippen LogP contribution in [-0.4, -0.2) is 41.3 Å². The fraction of sp³-hybridized carbons (Fsp3) is 0.250. The average Bonchev–Trinajstić information content (AvgIpc) is 2.97. The number of urea groups is 1. The highest BCUT2D eigenvalue weighted by Gasteiger charge is 2.40. The van der Waals surface area contributed by atoms with Crippen molar-refractivity contribution in [3.63, 3.8) is 0 Å². The van der Waals surface area contributed by atoms with E-state index in [0.717, 1.165) is 0 Å². The second-order valence-electron chi connectivity index (χ2n) is 4.31. The summed E-state index contributed by atoms with van der Waals surface area (Å²) in [6.45, 7) is -0.555. The van der Waals surface area contributed by atoms with E-state index < -0.39 is 30.5 Å². The van der Waals surface area contributed by atoms with Crippen LogP contribution in [0.4, 0.5) is 4.79 Å². The van der Waals surface area contributed by atoms with Crippen LogP contribution >= 0.6 is 0 Å². The first-order valence-electron chi connectivity index (χ1n) is 5.79. The second-order valence-corrected chi connectivity index (χ2v) is 4.31. The highest BCUT2D eigenvalue weighted by Crippen LogP contribution is 2.35. The van der Waals surface area contributed by atoms with Gasteiger partial charge in [-0.25, -0.2) is 4.79 Å². The molecule has 2 aliphatic rings. The Morgan fingerprint density at radius 1 is 1.35 bits per heavy atom. The molecule has 3 amide bonds. The molecule has 2 heterocycles. The number of hydrogen-bond donors (Lipinski definition) is 2. The van der Waals surface area contributed by atoms with Gasteiger partial charge in [0.15, 0.2) is 11.5 Å². The number of amides is 3. The molecule has 0 radical (unpaired) electrons. The topological polar surface area (TPSA) is 105 Å². The Hall–Kier alpha value is -2.77. The summed E-state index contributed by atoms with van der Waals surface area (Å²) in [5.41, 5.74) is 0.514. The van der Waals surface area contributed by atoms with Gasteiger partial charge in [-0.15, -0.1) is 0 Å². The molecule has 1 aromatic carbocycles. The largest absolute Gasteiger partial charge is 0.480 e. The van der Waals surface area contributed by atoms with Gasteiger partial charge in [0.1, 0.15) is 12.6 Å². The first-order chi connectivity index (χ1) is 9.56. The summed E-state index contributed by atoms with van der Waals surface area (Å²) in [6.07, 6.45) is 0. The Morgan fingerprint density at radius 3 is 2.85 bits per heavy atom. The van der Waals surface area contributed by atoms with Crippen LogP contribution in [0, 0.1) is 0 Å². The number of fused-ring (bicyclic) bond motifs is 1. The molecule has 8 heteroatoms. The lowest BCUT2D eigenvalue weighted by Crippen LogP contribution is -2.35. The molecule has 0 saturated carbocycles. The molecule has 2 N–H and O–H groups in total. The molecule has 104 valence electrons. The minimum absolute atomic E-state index is 0.106. The maximum Gasteiger partial charge on any atom is 0.325 e. The van der Waals surface area contributed by atoms with E-state index >= 15 is 0 Å². The van der Waals surface area contributed by atoms with Crippen molar-refractivity contribution >= 4 is 17.9 Å². The van der Waals surface area contributed by atoms with Gasteiger partial charge >= 0.3 is 12.0 Å². The summed E-state index contributed by atoms with van der Waals surface area (Å²) in [5, 5.41) is 11.1. The SMILES string of the molecule is O=C(O)CN1C(=O)NC(c2ccc3c(c2)OCO3)C1=O. The Morgan fingerprint density at radius 2 is 2.10 bits per heavy atom. The third-order valence-corrected chi connectivity index (χ3v) is 3.05. The highest BCUT2D eigenvalue weighted by molar-refractivity contribution is 6.06. The van der Waals surface area contributed by atoms with Crippen molar-refractivity contribution < 1.29 is 29.0 Å². The summed E-state index contributed by atoms with van der Waals surface area (Å²) in [4.78, 5) is 35.0. The molecular formula is C12H10N2O6. The zero-order valence-corrected chi connectivity index (χ0v) is 10.2. The Labute approximate surface area is 112 Å². The van der Waals surface area contributed by atoms with Crippen LogP contribution in [0.5, 0.6) is 11.5 Å². The molecule has 0 spiro atoms. The molecule has 8 nitrogen and oxygen atoms in total. The van der Waals surface area contributed by atoms with Crippen LogP contribution in [-0.2, 0) is 9.59 Å². The lowest BCUT2D eigenvalue weighted by Gasteiger charge is -2.10. The number of nitrogens with zero attached hydrogens (tertiary/aromatic N) is 1. The molecule has 0 aliphatic carbocycles. The number of benzene rings is 1. The van der Waals surface area contributed by atoms with Gasteiger partial charge in [-0.3, -0.25) is 14.5 Å². The smallest absolute Gasteiger partial charge is 0.325 e. The predicted octanol–water partition coefficient (Wildman–Crippen LogP) is 0.0928. The fourth-order valence-electron chi connectivity index (χ4n) is 2.12. The lowest BCUT2D eigenvalue weighted by molar-refractivity contribution is -0.141. The Bertz CT molecular complexity index is 614. The van der Waals surface area contributed by atoms with Crippen molar-refractivity contribution in [1.29, 1.82) is 0 Å². The zero-order chi connectivity index (χ0) is 14.3.